The molecule has 0 aliphatic rings. The van der Waals surface area contributed by atoms with Gasteiger partial charge in [0, 0.05) is 5.69 Å². The molecule has 0 saturated heterocycles. The van der Waals surface area contributed by atoms with Crippen molar-refractivity contribution in [2.75, 3.05) is 0 Å². The second kappa shape index (κ2) is 5.75. The van der Waals surface area contributed by atoms with Crippen molar-refractivity contribution in [3.8, 4) is 11.8 Å². The number of ether oxygens (including phenoxy) is 1. The number of benzene rings is 1. The first-order valence-corrected chi connectivity index (χ1v) is 6.15. The van der Waals surface area contributed by atoms with E-state index in [0.29, 0.717) is 16.5 Å². The summed E-state index contributed by atoms with van der Waals surface area (Å²) < 4.78 is 5.53. The Labute approximate surface area is 120 Å². The van der Waals surface area contributed by atoms with Crippen LogP contribution >= 0.6 is 11.6 Å². The highest BCUT2D eigenvalue weighted by Crippen LogP contribution is 2.28. The van der Waals surface area contributed by atoms with Gasteiger partial charge in [-0.15, -0.1) is 0 Å². The van der Waals surface area contributed by atoms with Crippen LogP contribution in [0.4, 0.5) is 0 Å². The Kier molecular flexibility index (Phi) is 4.05. The van der Waals surface area contributed by atoms with Crippen molar-refractivity contribution in [1.82, 2.24) is 9.97 Å². The third kappa shape index (κ3) is 3.16. The smallest absolute Gasteiger partial charge is 0.322 e. The van der Waals surface area contributed by atoms with Gasteiger partial charge in [0.1, 0.15) is 11.4 Å². The van der Waals surface area contributed by atoms with E-state index in [9.17, 15) is 0 Å². The molecule has 0 unspecified atom stereocenters. The van der Waals surface area contributed by atoms with Crippen molar-refractivity contribution in [3.63, 3.8) is 0 Å². The van der Waals surface area contributed by atoms with Gasteiger partial charge in [0.2, 0.25) is 0 Å². The highest BCUT2D eigenvalue weighted by Gasteiger charge is 2.10. The van der Waals surface area contributed by atoms with E-state index in [4.69, 9.17) is 27.3 Å². The zero-order valence-electron chi connectivity index (χ0n) is 11.0. The first-order valence-electron chi connectivity index (χ1n) is 5.77. The average molecular weight is 293 g/mol. The number of rotatable bonds is 3. The van der Waals surface area contributed by atoms with Crippen molar-refractivity contribution in [1.29, 1.82) is 0 Å². The molecular weight excluding hydrogens is 280 g/mol. The summed E-state index contributed by atoms with van der Waals surface area (Å²) in [6.07, 6.45) is 0. The first-order chi connectivity index (χ1) is 9.49. The summed E-state index contributed by atoms with van der Waals surface area (Å²) in [6.45, 7) is 3.68. The van der Waals surface area contributed by atoms with Crippen molar-refractivity contribution in [2.24, 2.45) is 10.9 Å². The molecule has 1 aromatic carbocycles. The van der Waals surface area contributed by atoms with Crippen LogP contribution in [0.5, 0.6) is 11.8 Å². The molecule has 0 spiro atoms. The predicted octanol–water partition coefficient (Wildman–Crippen LogP) is 2.63. The van der Waals surface area contributed by atoms with Gasteiger partial charge in [-0.1, -0.05) is 22.8 Å². The van der Waals surface area contributed by atoms with E-state index in [1.165, 1.54) is 0 Å². The molecule has 104 valence electrons. The molecule has 7 heteroatoms. The summed E-state index contributed by atoms with van der Waals surface area (Å²) in [5, 5.41) is 12.0. The van der Waals surface area contributed by atoms with Crippen molar-refractivity contribution in [3.05, 3.63) is 46.2 Å². The number of amidine groups is 1. The zero-order valence-corrected chi connectivity index (χ0v) is 11.7. The Balaban J connectivity index is 2.36. The molecule has 0 bridgehead atoms. The lowest BCUT2D eigenvalue weighted by Gasteiger charge is -2.08. The Morgan fingerprint density at radius 3 is 2.70 bits per heavy atom. The van der Waals surface area contributed by atoms with E-state index >= 15 is 0 Å². The topological polar surface area (TPSA) is 93.6 Å². The predicted molar refractivity (Wildman–Crippen MR) is 75.5 cm³/mol. The Morgan fingerprint density at radius 2 is 2.05 bits per heavy atom. The average Bonchev–Trinajstić information content (AvgIpc) is 2.40. The summed E-state index contributed by atoms with van der Waals surface area (Å²) in [5.41, 5.74) is 7.42. The summed E-state index contributed by atoms with van der Waals surface area (Å²) in [5.74, 6) is 0.323. The highest BCUT2D eigenvalue weighted by molar-refractivity contribution is 6.32. The molecule has 0 fully saturated rings. The van der Waals surface area contributed by atoms with Crippen LogP contribution in [0.1, 0.15) is 17.0 Å². The van der Waals surface area contributed by atoms with Gasteiger partial charge in [0.05, 0.1) is 5.02 Å². The van der Waals surface area contributed by atoms with Gasteiger partial charge in [0.25, 0.3) is 0 Å². The van der Waals surface area contributed by atoms with Crippen molar-refractivity contribution < 1.29 is 9.94 Å². The van der Waals surface area contributed by atoms with Crippen LogP contribution in [0.2, 0.25) is 5.02 Å². The van der Waals surface area contributed by atoms with Crippen molar-refractivity contribution >= 4 is 17.4 Å². The van der Waals surface area contributed by atoms with E-state index in [-0.39, 0.29) is 17.5 Å². The van der Waals surface area contributed by atoms with Crippen molar-refractivity contribution in [2.45, 2.75) is 13.8 Å². The molecule has 0 radical (unpaired) electrons. The minimum Gasteiger partial charge on any atom is -0.423 e. The van der Waals surface area contributed by atoms with Gasteiger partial charge < -0.3 is 15.7 Å². The number of nitrogens with zero attached hydrogens (tertiary/aromatic N) is 3. The molecule has 1 heterocycles. The molecule has 0 saturated carbocycles. The summed E-state index contributed by atoms with van der Waals surface area (Å²) in [4.78, 5) is 8.18. The Hall–Kier alpha value is -2.34. The lowest BCUT2D eigenvalue weighted by Crippen LogP contribution is -2.16. The largest absolute Gasteiger partial charge is 0.423 e. The lowest BCUT2D eigenvalue weighted by atomic mass is 10.2. The van der Waals surface area contributed by atoms with Crippen LogP contribution in [0.25, 0.3) is 0 Å². The summed E-state index contributed by atoms with van der Waals surface area (Å²) >= 11 is 6.08. The maximum Gasteiger partial charge on any atom is 0.322 e. The van der Waals surface area contributed by atoms with Crippen LogP contribution in [-0.4, -0.2) is 21.0 Å². The van der Waals surface area contributed by atoms with Gasteiger partial charge in [-0.3, -0.25) is 0 Å². The Morgan fingerprint density at radius 1 is 1.30 bits per heavy atom. The molecule has 1 aromatic heterocycles. The molecule has 3 N–H and O–H groups in total. The monoisotopic (exact) mass is 292 g/mol. The molecule has 20 heavy (non-hydrogen) atoms. The minimum atomic E-state index is -0.115. The SMILES string of the molecule is Cc1ccc(Oc2nc(C)cc(/C(N)=N/O)n2)c(Cl)c1. The van der Waals surface area contributed by atoms with Gasteiger partial charge in [-0.2, -0.15) is 4.98 Å². The molecule has 0 atom stereocenters. The number of halogens is 1. The number of aromatic nitrogens is 2. The third-order valence-corrected chi connectivity index (χ3v) is 2.79. The standard InChI is InChI=1S/C13H13ClN4O2/c1-7-3-4-11(9(14)5-7)20-13-16-8(2)6-10(17-13)12(15)18-19/h3-6,19H,1-2H3,(H2,15,18). The number of oxime groups is 1. The second-order valence-corrected chi connectivity index (χ2v) is 4.61. The fourth-order valence-corrected chi connectivity index (χ4v) is 1.83. The molecule has 6 nitrogen and oxygen atoms in total. The van der Waals surface area contributed by atoms with E-state index < -0.39 is 0 Å². The number of nitrogens with two attached hydrogens (primary N) is 1. The van der Waals surface area contributed by atoms with Gasteiger partial charge in [-0.05, 0) is 37.6 Å². The Bertz CT molecular complexity index is 673. The quantitative estimate of drug-likeness (QED) is 0.392. The normalized spacial score (nSPS) is 11.4. The summed E-state index contributed by atoms with van der Waals surface area (Å²) in [6, 6.07) is 7.03. The van der Waals surface area contributed by atoms with E-state index in [1.54, 1.807) is 25.1 Å². The minimum absolute atomic E-state index is 0.0809. The van der Waals surface area contributed by atoms with E-state index in [1.807, 2.05) is 13.0 Å². The second-order valence-electron chi connectivity index (χ2n) is 4.20. The van der Waals surface area contributed by atoms with Crippen LogP contribution in [0.15, 0.2) is 29.4 Å². The zero-order chi connectivity index (χ0) is 14.7. The highest BCUT2D eigenvalue weighted by atomic mass is 35.5. The molecule has 0 aliphatic heterocycles. The van der Waals surface area contributed by atoms with Gasteiger partial charge in [0.15, 0.2) is 5.84 Å². The van der Waals surface area contributed by atoms with Crippen LogP contribution in [0, 0.1) is 13.8 Å². The molecule has 2 aromatic rings. The summed E-state index contributed by atoms with van der Waals surface area (Å²) in [7, 11) is 0. The number of hydrogen-bond acceptors (Lipinski definition) is 5. The number of hydrogen-bond donors (Lipinski definition) is 2. The molecule has 0 aliphatic carbocycles. The van der Waals surface area contributed by atoms with Crippen LogP contribution < -0.4 is 10.5 Å². The van der Waals surface area contributed by atoms with E-state index in [2.05, 4.69) is 15.1 Å². The molecular formula is C13H13ClN4O2. The molecule has 0 amide bonds. The lowest BCUT2D eigenvalue weighted by molar-refractivity contribution is 0.318. The molecule has 2 rings (SSSR count). The fraction of sp³-hybridized carbons (Fsp3) is 0.154. The maximum atomic E-state index is 8.68. The fourth-order valence-electron chi connectivity index (χ4n) is 1.56. The first kappa shape index (κ1) is 14.1. The maximum absolute atomic E-state index is 8.68. The van der Waals surface area contributed by atoms with Crippen LogP contribution in [-0.2, 0) is 0 Å². The third-order valence-electron chi connectivity index (χ3n) is 2.49. The van der Waals surface area contributed by atoms with Crippen LogP contribution in [0.3, 0.4) is 0 Å². The van der Waals surface area contributed by atoms with Gasteiger partial charge >= 0.3 is 6.01 Å². The van der Waals surface area contributed by atoms with E-state index in [0.717, 1.165) is 5.56 Å². The number of aryl methyl sites for hydroxylation is 2. The van der Waals surface area contributed by atoms with Gasteiger partial charge in [-0.25, -0.2) is 4.98 Å².